The second-order valence-corrected chi connectivity index (χ2v) is 5.08. The number of para-hydroxylation sites is 1. The molecule has 116 valence electrons. The SMILES string of the molecule is Cc1nc(C(=O)NCCCC(N)=O)nn1-c1ccccc1Cl. The summed E-state index contributed by atoms with van der Waals surface area (Å²) < 4.78 is 1.51. The third-order valence-electron chi connectivity index (χ3n) is 2.94. The molecule has 3 N–H and O–H groups in total. The van der Waals surface area contributed by atoms with E-state index in [0.717, 1.165) is 0 Å². The van der Waals surface area contributed by atoms with E-state index in [1.54, 1.807) is 19.1 Å². The Balaban J connectivity index is 2.08. The third kappa shape index (κ3) is 3.82. The van der Waals surface area contributed by atoms with Gasteiger partial charge in [-0.1, -0.05) is 23.7 Å². The number of carbonyl (C=O) groups excluding carboxylic acids is 2. The van der Waals surface area contributed by atoms with Crippen molar-refractivity contribution >= 4 is 23.4 Å². The minimum Gasteiger partial charge on any atom is -0.370 e. The Morgan fingerprint density at radius 2 is 2.09 bits per heavy atom. The highest BCUT2D eigenvalue weighted by molar-refractivity contribution is 6.32. The maximum absolute atomic E-state index is 12.0. The molecule has 0 saturated carbocycles. The molecule has 0 bridgehead atoms. The largest absolute Gasteiger partial charge is 0.370 e. The van der Waals surface area contributed by atoms with Crippen molar-refractivity contribution in [3.8, 4) is 5.69 Å². The second-order valence-electron chi connectivity index (χ2n) is 4.67. The molecule has 0 aliphatic carbocycles. The number of nitrogens with one attached hydrogen (secondary N) is 1. The number of benzene rings is 1. The van der Waals surface area contributed by atoms with E-state index in [-0.39, 0.29) is 12.2 Å². The Morgan fingerprint density at radius 1 is 1.36 bits per heavy atom. The normalized spacial score (nSPS) is 10.5. The summed E-state index contributed by atoms with van der Waals surface area (Å²) in [6, 6.07) is 7.16. The Labute approximate surface area is 132 Å². The Bertz CT molecular complexity index is 698. The minimum atomic E-state index is -0.404. The molecule has 7 nitrogen and oxygen atoms in total. The van der Waals surface area contributed by atoms with Gasteiger partial charge in [0.05, 0.1) is 10.7 Å². The number of amides is 2. The zero-order valence-corrected chi connectivity index (χ0v) is 12.8. The van der Waals surface area contributed by atoms with Crippen LogP contribution in [0.3, 0.4) is 0 Å². The molecule has 0 aliphatic heterocycles. The van der Waals surface area contributed by atoms with E-state index in [4.69, 9.17) is 17.3 Å². The highest BCUT2D eigenvalue weighted by Gasteiger charge is 2.16. The van der Waals surface area contributed by atoms with Crippen LogP contribution in [0.1, 0.15) is 29.3 Å². The summed E-state index contributed by atoms with van der Waals surface area (Å²) >= 11 is 6.12. The van der Waals surface area contributed by atoms with Gasteiger partial charge in [0.15, 0.2) is 0 Å². The molecule has 2 aromatic rings. The van der Waals surface area contributed by atoms with Crippen LogP contribution < -0.4 is 11.1 Å². The van der Waals surface area contributed by atoms with E-state index < -0.39 is 11.8 Å². The molecule has 22 heavy (non-hydrogen) atoms. The van der Waals surface area contributed by atoms with Gasteiger partial charge < -0.3 is 11.1 Å². The lowest BCUT2D eigenvalue weighted by Crippen LogP contribution is -2.26. The molecule has 0 unspecified atom stereocenters. The summed E-state index contributed by atoms with van der Waals surface area (Å²) in [6.07, 6.45) is 0.700. The summed E-state index contributed by atoms with van der Waals surface area (Å²) in [5.41, 5.74) is 5.68. The highest BCUT2D eigenvalue weighted by atomic mass is 35.5. The molecule has 0 radical (unpaired) electrons. The van der Waals surface area contributed by atoms with Crippen molar-refractivity contribution < 1.29 is 9.59 Å². The molecular formula is C14H16ClN5O2. The van der Waals surface area contributed by atoms with Gasteiger partial charge in [-0.15, -0.1) is 5.10 Å². The van der Waals surface area contributed by atoms with Gasteiger partial charge in [-0.2, -0.15) is 0 Å². The van der Waals surface area contributed by atoms with Gasteiger partial charge >= 0.3 is 0 Å². The summed E-state index contributed by atoms with van der Waals surface area (Å²) in [5, 5.41) is 7.33. The quantitative estimate of drug-likeness (QED) is 0.781. The van der Waals surface area contributed by atoms with Crippen molar-refractivity contribution in [1.29, 1.82) is 0 Å². The number of hydrogen-bond donors (Lipinski definition) is 2. The lowest BCUT2D eigenvalue weighted by atomic mass is 10.3. The van der Waals surface area contributed by atoms with Crippen LogP contribution in [0.25, 0.3) is 5.69 Å². The maximum Gasteiger partial charge on any atom is 0.290 e. The van der Waals surface area contributed by atoms with Gasteiger partial charge in [0, 0.05) is 13.0 Å². The molecule has 2 rings (SSSR count). The fourth-order valence-electron chi connectivity index (χ4n) is 1.88. The number of primary amides is 1. The standard InChI is InChI=1S/C14H16ClN5O2/c1-9-18-13(14(22)17-8-4-7-12(16)21)19-20(9)11-6-3-2-5-10(11)15/h2-3,5-6H,4,7-8H2,1H3,(H2,16,21)(H,17,22). The number of rotatable bonds is 6. The lowest BCUT2D eigenvalue weighted by Gasteiger charge is -2.04. The first-order chi connectivity index (χ1) is 10.5. The molecule has 8 heteroatoms. The average molecular weight is 322 g/mol. The van der Waals surface area contributed by atoms with Crippen LogP contribution in [0.2, 0.25) is 5.02 Å². The monoisotopic (exact) mass is 321 g/mol. The van der Waals surface area contributed by atoms with Crippen molar-refractivity contribution in [3.05, 3.63) is 40.9 Å². The van der Waals surface area contributed by atoms with Crippen LogP contribution in [0.5, 0.6) is 0 Å². The Morgan fingerprint density at radius 3 is 2.77 bits per heavy atom. The minimum absolute atomic E-state index is 0.0523. The predicted octanol–water partition coefficient (Wildman–Crippen LogP) is 1.22. The molecule has 1 aromatic carbocycles. The van der Waals surface area contributed by atoms with Crippen molar-refractivity contribution in [2.24, 2.45) is 5.73 Å². The molecule has 0 saturated heterocycles. The van der Waals surface area contributed by atoms with Crippen LogP contribution in [0.15, 0.2) is 24.3 Å². The summed E-state index contributed by atoms with van der Waals surface area (Å²) in [4.78, 5) is 26.7. The average Bonchev–Trinajstić information content (AvgIpc) is 2.86. The topological polar surface area (TPSA) is 103 Å². The number of nitrogens with two attached hydrogens (primary N) is 1. The van der Waals surface area contributed by atoms with Crippen molar-refractivity contribution in [2.75, 3.05) is 6.54 Å². The number of carbonyl (C=O) groups is 2. The fourth-order valence-corrected chi connectivity index (χ4v) is 2.10. The molecule has 2 amide bonds. The zero-order chi connectivity index (χ0) is 16.1. The number of hydrogen-bond acceptors (Lipinski definition) is 4. The van der Waals surface area contributed by atoms with Crippen LogP contribution >= 0.6 is 11.6 Å². The molecule has 0 spiro atoms. The predicted molar refractivity (Wildman–Crippen MR) is 81.9 cm³/mol. The smallest absolute Gasteiger partial charge is 0.290 e. The molecule has 0 aliphatic rings. The zero-order valence-electron chi connectivity index (χ0n) is 12.0. The third-order valence-corrected chi connectivity index (χ3v) is 3.26. The molecule has 1 heterocycles. The van der Waals surface area contributed by atoms with Crippen LogP contribution in [-0.4, -0.2) is 33.1 Å². The number of halogens is 1. The fraction of sp³-hybridized carbons (Fsp3) is 0.286. The first-order valence-electron chi connectivity index (χ1n) is 6.74. The maximum atomic E-state index is 12.0. The number of aromatic nitrogens is 3. The molecule has 1 aromatic heterocycles. The number of nitrogens with zero attached hydrogens (tertiary/aromatic N) is 3. The van der Waals surface area contributed by atoms with Gasteiger partial charge in [-0.05, 0) is 25.5 Å². The van der Waals surface area contributed by atoms with Crippen molar-refractivity contribution in [1.82, 2.24) is 20.1 Å². The van der Waals surface area contributed by atoms with Crippen molar-refractivity contribution in [2.45, 2.75) is 19.8 Å². The van der Waals surface area contributed by atoms with E-state index in [1.165, 1.54) is 4.68 Å². The molecule has 0 atom stereocenters. The van der Waals surface area contributed by atoms with Gasteiger partial charge in [-0.25, -0.2) is 9.67 Å². The van der Waals surface area contributed by atoms with Crippen molar-refractivity contribution in [3.63, 3.8) is 0 Å². The summed E-state index contributed by atoms with van der Waals surface area (Å²) in [6.45, 7) is 2.07. The van der Waals surface area contributed by atoms with Crippen LogP contribution in [0, 0.1) is 6.92 Å². The number of aryl methyl sites for hydroxylation is 1. The van der Waals surface area contributed by atoms with Gasteiger partial charge in [0.25, 0.3) is 5.91 Å². The lowest BCUT2D eigenvalue weighted by molar-refractivity contribution is -0.118. The molecular weight excluding hydrogens is 306 g/mol. The first kappa shape index (κ1) is 16.0. The first-order valence-corrected chi connectivity index (χ1v) is 7.12. The van der Waals surface area contributed by atoms with E-state index in [1.807, 2.05) is 12.1 Å². The summed E-state index contributed by atoms with van der Waals surface area (Å²) in [5.74, 6) is -0.198. The van der Waals surface area contributed by atoms with Gasteiger partial charge in [-0.3, -0.25) is 9.59 Å². The highest BCUT2D eigenvalue weighted by Crippen LogP contribution is 2.20. The van der Waals surface area contributed by atoms with E-state index >= 15 is 0 Å². The second kappa shape index (κ2) is 7.04. The van der Waals surface area contributed by atoms with E-state index in [2.05, 4.69) is 15.4 Å². The van der Waals surface area contributed by atoms with E-state index in [0.29, 0.717) is 29.5 Å². The van der Waals surface area contributed by atoms with Gasteiger partial charge in [0.1, 0.15) is 5.82 Å². The van der Waals surface area contributed by atoms with Crippen LogP contribution in [0.4, 0.5) is 0 Å². The van der Waals surface area contributed by atoms with Crippen LogP contribution in [-0.2, 0) is 4.79 Å². The molecule has 0 fully saturated rings. The van der Waals surface area contributed by atoms with E-state index in [9.17, 15) is 9.59 Å². The Hall–Kier alpha value is -2.41. The Kier molecular flexibility index (Phi) is 5.11. The van der Waals surface area contributed by atoms with Gasteiger partial charge in [0.2, 0.25) is 11.7 Å². The summed E-state index contributed by atoms with van der Waals surface area (Å²) in [7, 11) is 0.